The quantitative estimate of drug-likeness (QED) is 0.443. The van der Waals surface area contributed by atoms with Crippen molar-refractivity contribution in [2.24, 2.45) is 5.73 Å². The fourth-order valence-corrected chi connectivity index (χ4v) is 2.07. The number of rotatable bonds is 6. The van der Waals surface area contributed by atoms with Crippen LogP contribution in [0.2, 0.25) is 0 Å². The minimum atomic E-state index is -5.38. The van der Waals surface area contributed by atoms with E-state index in [0.29, 0.717) is 17.6 Å². The number of halogens is 4. The van der Waals surface area contributed by atoms with Crippen LogP contribution in [0.25, 0.3) is 22.9 Å². The summed E-state index contributed by atoms with van der Waals surface area (Å²) in [5.74, 6) is -3.98. The Morgan fingerprint density at radius 2 is 2.11 bits per heavy atom. The average Bonchev–Trinajstić information content (AvgIpc) is 3.30. The lowest BCUT2D eigenvalue weighted by Crippen LogP contribution is -2.59. The van der Waals surface area contributed by atoms with Gasteiger partial charge in [-0.25, -0.2) is 14.4 Å². The summed E-state index contributed by atoms with van der Waals surface area (Å²) in [5.41, 5.74) is 1.65. The number of alkyl halides is 3. The third-order valence-electron chi connectivity index (χ3n) is 3.65. The molecule has 0 fully saturated rings. The van der Waals surface area contributed by atoms with Gasteiger partial charge in [-0.05, 0) is 6.07 Å². The number of hydrogen-bond donors (Lipinski definition) is 4. The van der Waals surface area contributed by atoms with Crippen LogP contribution in [0.15, 0.2) is 29.1 Å². The van der Waals surface area contributed by atoms with Crippen LogP contribution >= 0.6 is 0 Å². The molecule has 0 saturated carbocycles. The van der Waals surface area contributed by atoms with Gasteiger partial charge in [-0.15, -0.1) is 0 Å². The summed E-state index contributed by atoms with van der Waals surface area (Å²) in [7, 11) is 0. The first-order chi connectivity index (χ1) is 13.1. The average molecular weight is 401 g/mol. The summed E-state index contributed by atoms with van der Waals surface area (Å²) >= 11 is 0. The number of aromatic nitrogens is 5. The van der Waals surface area contributed by atoms with Gasteiger partial charge in [-0.1, -0.05) is 5.16 Å². The minimum absolute atomic E-state index is 0.124. The molecule has 0 bridgehead atoms. The van der Waals surface area contributed by atoms with E-state index in [0.717, 1.165) is 0 Å². The molecule has 1 amide bonds. The van der Waals surface area contributed by atoms with Crippen molar-refractivity contribution in [3.8, 4) is 22.9 Å². The van der Waals surface area contributed by atoms with E-state index in [1.54, 1.807) is 0 Å². The van der Waals surface area contributed by atoms with Gasteiger partial charge in [0.05, 0.1) is 12.7 Å². The molecule has 3 rings (SSSR count). The number of hydrogen-bond acceptors (Lipinski definition) is 8. The van der Waals surface area contributed by atoms with Crippen molar-refractivity contribution >= 4 is 11.7 Å². The van der Waals surface area contributed by atoms with Crippen molar-refractivity contribution < 1.29 is 32.0 Å². The molecule has 0 unspecified atom stereocenters. The zero-order valence-electron chi connectivity index (χ0n) is 13.7. The maximum Gasteiger partial charge on any atom is 0.428 e. The first-order valence-corrected chi connectivity index (χ1v) is 7.44. The molecule has 0 spiro atoms. The van der Waals surface area contributed by atoms with Crippen molar-refractivity contribution in [2.45, 2.75) is 11.8 Å². The summed E-state index contributed by atoms with van der Waals surface area (Å²) in [6.07, 6.45) is -3.37. The highest BCUT2D eigenvalue weighted by Crippen LogP contribution is 2.31. The van der Waals surface area contributed by atoms with Crippen molar-refractivity contribution in [2.75, 3.05) is 11.9 Å². The van der Waals surface area contributed by atoms with Crippen LogP contribution in [0.3, 0.4) is 0 Å². The molecule has 0 aliphatic carbocycles. The standard InChI is InChI=1S/C14H11F4N7O3/c15-6-4-20-11(9-3-8(23-24-9)7-1-2-28-25-7)22-10(6)21-5-13(27,12(19)26)14(16,17)18/h1-4,27H,5H2,(H2,19,26)(H,23,24)(H,20,21,22)/t13-/m1/s1. The van der Waals surface area contributed by atoms with Gasteiger partial charge in [0.25, 0.3) is 11.5 Å². The predicted octanol–water partition coefficient (Wildman–Crippen LogP) is 0.851. The van der Waals surface area contributed by atoms with Crippen LogP contribution in [-0.2, 0) is 4.79 Å². The zero-order chi connectivity index (χ0) is 20.5. The molecule has 3 aromatic rings. The number of nitrogens with two attached hydrogens (primary N) is 1. The fourth-order valence-electron chi connectivity index (χ4n) is 2.07. The van der Waals surface area contributed by atoms with E-state index in [2.05, 4.69) is 35.6 Å². The molecule has 0 radical (unpaired) electrons. The molecule has 3 aromatic heterocycles. The number of H-pyrrole nitrogens is 1. The fraction of sp³-hybridized carbons (Fsp3) is 0.214. The second-order valence-corrected chi connectivity index (χ2v) is 5.52. The third-order valence-corrected chi connectivity index (χ3v) is 3.65. The lowest BCUT2D eigenvalue weighted by Gasteiger charge is -2.27. The first-order valence-electron chi connectivity index (χ1n) is 7.44. The Morgan fingerprint density at radius 1 is 1.36 bits per heavy atom. The Bertz CT molecular complexity index is 989. The number of carbonyl (C=O) groups is 1. The normalized spacial score (nSPS) is 13.9. The zero-order valence-corrected chi connectivity index (χ0v) is 13.7. The molecule has 0 aromatic carbocycles. The number of nitrogens with one attached hydrogen (secondary N) is 2. The smallest absolute Gasteiger partial charge is 0.371 e. The van der Waals surface area contributed by atoms with E-state index in [1.807, 2.05) is 5.32 Å². The lowest BCUT2D eigenvalue weighted by molar-refractivity contribution is -0.245. The number of aromatic amines is 1. The van der Waals surface area contributed by atoms with Crippen LogP contribution in [0.1, 0.15) is 0 Å². The van der Waals surface area contributed by atoms with Gasteiger partial charge in [0.15, 0.2) is 17.5 Å². The Balaban J connectivity index is 1.85. The number of anilines is 1. The van der Waals surface area contributed by atoms with Crippen LogP contribution < -0.4 is 11.1 Å². The van der Waals surface area contributed by atoms with Gasteiger partial charge >= 0.3 is 6.18 Å². The van der Waals surface area contributed by atoms with Crippen molar-refractivity contribution in [3.05, 3.63) is 30.4 Å². The molecule has 0 saturated heterocycles. The maximum atomic E-state index is 13.9. The van der Waals surface area contributed by atoms with Crippen LogP contribution in [-0.4, -0.2) is 54.7 Å². The summed E-state index contributed by atoms with van der Waals surface area (Å²) < 4.78 is 57.2. The van der Waals surface area contributed by atoms with E-state index in [1.165, 1.54) is 18.4 Å². The summed E-state index contributed by atoms with van der Waals surface area (Å²) in [4.78, 5) is 18.5. The molecule has 10 nitrogen and oxygen atoms in total. The number of aliphatic hydroxyl groups is 1. The molecule has 28 heavy (non-hydrogen) atoms. The van der Waals surface area contributed by atoms with E-state index < -0.39 is 35.9 Å². The van der Waals surface area contributed by atoms with Crippen molar-refractivity contribution in [3.63, 3.8) is 0 Å². The van der Waals surface area contributed by atoms with Crippen molar-refractivity contribution in [1.82, 2.24) is 25.3 Å². The molecule has 5 N–H and O–H groups in total. The van der Waals surface area contributed by atoms with Gasteiger partial charge in [0.2, 0.25) is 0 Å². The minimum Gasteiger partial charge on any atom is -0.371 e. The number of primary amides is 1. The van der Waals surface area contributed by atoms with Gasteiger partial charge in [-0.3, -0.25) is 9.89 Å². The first kappa shape index (κ1) is 19.2. The molecule has 1 atom stereocenters. The second-order valence-electron chi connectivity index (χ2n) is 5.52. The Kier molecular flexibility index (Phi) is 4.72. The highest BCUT2D eigenvalue weighted by molar-refractivity contribution is 5.85. The topological polar surface area (TPSA) is 156 Å². The van der Waals surface area contributed by atoms with Gasteiger partial charge in [0, 0.05) is 6.07 Å². The SMILES string of the molecule is NC(=O)[C@](O)(CNc1nc(-c2cc(-c3ccon3)n[nH]2)ncc1F)C(F)(F)F. The largest absolute Gasteiger partial charge is 0.428 e. The summed E-state index contributed by atoms with van der Waals surface area (Å²) in [6, 6.07) is 2.98. The van der Waals surface area contributed by atoms with E-state index in [-0.39, 0.29) is 11.5 Å². The van der Waals surface area contributed by atoms with Crippen LogP contribution in [0.4, 0.5) is 23.4 Å². The van der Waals surface area contributed by atoms with E-state index in [9.17, 15) is 27.5 Å². The molecule has 14 heteroatoms. The third kappa shape index (κ3) is 3.48. The summed E-state index contributed by atoms with van der Waals surface area (Å²) in [5, 5.41) is 21.6. The van der Waals surface area contributed by atoms with Crippen molar-refractivity contribution in [1.29, 1.82) is 0 Å². The second kappa shape index (κ2) is 6.88. The molecule has 148 valence electrons. The molecule has 3 heterocycles. The van der Waals surface area contributed by atoms with Gasteiger partial charge in [-0.2, -0.15) is 18.3 Å². The van der Waals surface area contributed by atoms with Crippen LogP contribution in [0, 0.1) is 5.82 Å². The van der Waals surface area contributed by atoms with E-state index >= 15 is 0 Å². The Hall–Kier alpha value is -3.55. The Labute approximate surface area is 152 Å². The number of nitrogens with zero attached hydrogens (tertiary/aromatic N) is 4. The molecular weight excluding hydrogens is 390 g/mol. The Morgan fingerprint density at radius 3 is 2.71 bits per heavy atom. The molecular formula is C14H11F4N7O3. The predicted molar refractivity (Wildman–Crippen MR) is 83.8 cm³/mol. The summed E-state index contributed by atoms with van der Waals surface area (Å²) in [6.45, 7) is -1.45. The highest BCUT2D eigenvalue weighted by atomic mass is 19.4. The molecule has 0 aliphatic heterocycles. The maximum absolute atomic E-state index is 13.9. The van der Waals surface area contributed by atoms with Gasteiger partial charge < -0.3 is 20.7 Å². The van der Waals surface area contributed by atoms with Crippen LogP contribution in [0.5, 0.6) is 0 Å². The monoisotopic (exact) mass is 401 g/mol. The van der Waals surface area contributed by atoms with E-state index in [4.69, 9.17) is 0 Å². The highest BCUT2D eigenvalue weighted by Gasteiger charge is 2.58. The lowest BCUT2D eigenvalue weighted by atomic mass is 10.0. The molecule has 0 aliphatic rings. The van der Waals surface area contributed by atoms with Gasteiger partial charge in [0.1, 0.15) is 23.3 Å². The number of carbonyl (C=O) groups excluding carboxylic acids is 1. The number of amides is 1.